The van der Waals surface area contributed by atoms with Gasteiger partial charge in [-0.15, -0.1) is 0 Å². The molecule has 0 aliphatic carbocycles. The lowest BCUT2D eigenvalue weighted by atomic mass is 10.1. The van der Waals surface area contributed by atoms with E-state index >= 15 is 0 Å². The van der Waals surface area contributed by atoms with Crippen LogP contribution in [0.15, 0.2) is 46.1 Å². The highest BCUT2D eigenvalue weighted by Gasteiger charge is 2.11. The van der Waals surface area contributed by atoms with Gasteiger partial charge in [-0.2, -0.15) is 5.10 Å². The molecule has 6 nitrogen and oxygen atoms in total. The van der Waals surface area contributed by atoms with E-state index < -0.39 is 0 Å². The second-order valence-electron chi connectivity index (χ2n) is 5.77. The molecule has 2 heterocycles. The fraction of sp³-hybridized carbons (Fsp3) is 0.333. The van der Waals surface area contributed by atoms with E-state index in [1.807, 2.05) is 23.9 Å². The second-order valence-corrected chi connectivity index (χ2v) is 5.77. The molecule has 2 N–H and O–H groups in total. The van der Waals surface area contributed by atoms with Crippen LogP contribution in [0.5, 0.6) is 0 Å². The normalized spacial score (nSPS) is 11.9. The predicted molar refractivity (Wildman–Crippen MR) is 96.0 cm³/mol. The Labute approximate surface area is 145 Å². The van der Waals surface area contributed by atoms with Crippen molar-refractivity contribution in [2.75, 3.05) is 13.6 Å². The minimum absolute atomic E-state index is 0.259. The third-order valence-electron chi connectivity index (χ3n) is 4.05. The summed E-state index contributed by atoms with van der Waals surface area (Å²) in [5.41, 5.74) is 1.63. The van der Waals surface area contributed by atoms with Crippen molar-refractivity contribution in [3.05, 3.63) is 53.8 Å². The van der Waals surface area contributed by atoms with Crippen molar-refractivity contribution in [1.29, 1.82) is 0 Å². The van der Waals surface area contributed by atoms with Crippen molar-refractivity contribution < 1.29 is 8.81 Å². The number of aromatic nitrogens is 2. The van der Waals surface area contributed by atoms with Crippen LogP contribution in [0.4, 0.5) is 4.39 Å². The average molecular weight is 343 g/mol. The number of nitrogens with one attached hydrogen (secondary N) is 2. The van der Waals surface area contributed by atoms with E-state index in [1.54, 1.807) is 19.3 Å². The fourth-order valence-corrected chi connectivity index (χ4v) is 2.68. The summed E-state index contributed by atoms with van der Waals surface area (Å²) in [6.45, 7) is 4.05. The highest BCUT2D eigenvalue weighted by atomic mass is 19.1. The zero-order chi connectivity index (χ0) is 17.6. The molecule has 0 spiro atoms. The highest BCUT2D eigenvalue weighted by Crippen LogP contribution is 2.25. The van der Waals surface area contributed by atoms with E-state index in [4.69, 9.17) is 4.42 Å². The van der Waals surface area contributed by atoms with Crippen LogP contribution in [0.25, 0.3) is 11.0 Å². The number of hydrogen-bond acceptors (Lipinski definition) is 3. The lowest BCUT2D eigenvalue weighted by Crippen LogP contribution is -2.37. The standard InChI is InChI=1S/C18H22FN5O/c1-13-15-11-14(19)5-6-16(15)25-17(13)12-22-18(20-2)21-7-3-9-24-10-4-8-23-24/h4-6,8,10-11H,3,7,9,12H2,1-2H3,(H2,20,21,22). The quantitative estimate of drug-likeness (QED) is 0.410. The van der Waals surface area contributed by atoms with Gasteiger partial charge in [0.15, 0.2) is 5.96 Å². The van der Waals surface area contributed by atoms with Gasteiger partial charge in [-0.3, -0.25) is 9.67 Å². The van der Waals surface area contributed by atoms with Crippen LogP contribution in [-0.4, -0.2) is 29.3 Å². The Hall–Kier alpha value is -2.83. The summed E-state index contributed by atoms with van der Waals surface area (Å²) in [4.78, 5) is 4.21. The molecule has 0 atom stereocenters. The zero-order valence-electron chi connectivity index (χ0n) is 14.4. The van der Waals surface area contributed by atoms with Crippen LogP contribution in [0.3, 0.4) is 0 Å². The number of furan rings is 1. The van der Waals surface area contributed by atoms with Gasteiger partial charge in [-0.25, -0.2) is 4.39 Å². The number of guanidine groups is 1. The number of aryl methyl sites for hydroxylation is 2. The van der Waals surface area contributed by atoms with Gasteiger partial charge in [-0.1, -0.05) is 0 Å². The van der Waals surface area contributed by atoms with Crippen molar-refractivity contribution >= 4 is 16.9 Å². The molecule has 0 aliphatic rings. The first-order valence-electron chi connectivity index (χ1n) is 8.27. The smallest absolute Gasteiger partial charge is 0.191 e. The topological polar surface area (TPSA) is 67.4 Å². The molecule has 0 radical (unpaired) electrons. The molecule has 0 unspecified atom stereocenters. The molecule has 0 amide bonds. The maximum absolute atomic E-state index is 13.4. The Morgan fingerprint density at radius 3 is 3.00 bits per heavy atom. The minimum atomic E-state index is -0.259. The molecule has 0 aliphatic heterocycles. The molecule has 0 saturated carbocycles. The number of fused-ring (bicyclic) bond motifs is 1. The van der Waals surface area contributed by atoms with Crippen LogP contribution in [0, 0.1) is 12.7 Å². The van der Waals surface area contributed by atoms with Crippen molar-refractivity contribution in [2.24, 2.45) is 4.99 Å². The van der Waals surface area contributed by atoms with Gasteiger partial charge in [0, 0.05) is 43.5 Å². The average Bonchev–Trinajstić information content (AvgIpc) is 3.23. The van der Waals surface area contributed by atoms with E-state index in [-0.39, 0.29) is 5.82 Å². The van der Waals surface area contributed by atoms with E-state index in [0.717, 1.165) is 36.2 Å². The van der Waals surface area contributed by atoms with Crippen LogP contribution in [-0.2, 0) is 13.1 Å². The van der Waals surface area contributed by atoms with Crippen LogP contribution >= 0.6 is 0 Å². The van der Waals surface area contributed by atoms with Gasteiger partial charge in [-0.05, 0) is 37.6 Å². The third-order valence-corrected chi connectivity index (χ3v) is 4.05. The minimum Gasteiger partial charge on any atom is -0.459 e. The molecule has 2 aromatic heterocycles. The van der Waals surface area contributed by atoms with Gasteiger partial charge in [0.1, 0.15) is 17.2 Å². The number of benzene rings is 1. The lowest BCUT2D eigenvalue weighted by molar-refractivity contribution is 0.532. The molecular formula is C18H22FN5O. The number of rotatable bonds is 6. The van der Waals surface area contributed by atoms with Crippen LogP contribution in [0.2, 0.25) is 0 Å². The predicted octanol–water partition coefficient (Wildman–Crippen LogP) is 2.83. The van der Waals surface area contributed by atoms with E-state index in [2.05, 4.69) is 20.7 Å². The van der Waals surface area contributed by atoms with Crippen LogP contribution in [0.1, 0.15) is 17.7 Å². The van der Waals surface area contributed by atoms with Gasteiger partial charge in [0.2, 0.25) is 0 Å². The van der Waals surface area contributed by atoms with Crippen molar-refractivity contribution in [3.63, 3.8) is 0 Å². The van der Waals surface area contributed by atoms with Gasteiger partial charge < -0.3 is 15.1 Å². The van der Waals surface area contributed by atoms with E-state index in [9.17, 15) is 4.39 Å². The van der Waals surface area contributed by atoms with Gasteiger partial charge in [0.25, 0.3) is 0 Å². The van der Waals surface area contributed by atoms with Crippen LogP contribution < -0.4 is 10.6 Å². The molecule has 3 rings (SSSR count). The monoisotopic (exact) mass is 343 g/mol. The first-order chi connectivity index (χ1) is 12.2. The highest BCUT2D eigenvalue weighted by molar-refractivity contribution is 5.83. The summed E-state index contributed by atoms with van der Waals surface area (Å²) in [5.74, 6) is 1.22. The number of nitrogens with zero attached hydrogens (tertiary/aromatic N) is 3. The van der Waals surface area contributed by atoms with E-state index in [0.29, 0.717) is 18.1 Å². The molecule has 0 fully saturated rings. The second kappa shape index (κ2) is 7.83. The molecule has 0 bridgehead atoms. The molecular weight excluding hydrogens is 321 g/mol. The third kappa shape index (κ3) is 4.17. The molecule has 7 heteroatoms. The fourth-order valence-electron chi connectivity index (χ4n) is 2.68. The Bertz CT molecular complexity index is 854. The summed E-state index contributed by atoms with van der Waals surface area (Å²) in [6.07, 6.45) is 4.65. The molecule has 132 valence electrons. The summed E-state index contributed by atoms with van der Waals surface area (Å²) < 4.78 is 21.1. The Morgan fingerprint density at radius 1 is 1.36 bits per heavy atom. The molecule has 25 heavy (non-hydrogen) atoms. The van der Waals surface area contributed by atoms with Crippen molar-refractivity contribution in [2.45, 2.75) is 26.4 Å². The Morgan fingerprint density at radius 2 is 2.24 bits per heavy atom. The zero-order valence-corrected chi connectivity index (χ0v) is 14.4. The summed E-state index contributed by atoms with van der Waals surface area (Å²) >= 11 is 0. The first kappa shape index (κ1) is 17.0. The summed E-state index contributed by atoms with van der Waals surface area (Å²) in [6, 6.07) is 6.47. The number of hydrogen-bond donors (Lipinski definition) is 2. The maximum atomic E-state index is 13.4. The van der Waals surface area contributed by atoms with E-state index in [1.165, 1.54) is 12.1 Å². The van der Waals surface area contributed by atoms with Gasteiger partial charge >= 0.3 is 0 Å². The van der Waals surface area contributed by atoms with Crippen molar-refractivity contribution in [3.8, 4) is 0 Å². The Balaban J connectivity index is 1.52. The largest absolute Gasteiger partial charge is 0.459 e. The lowest BCUT2D eigenvalue weighted by Gasteiger charge is -2.11. The number of aliphatic imine (C=N–C) groups is 1. The molecule has 1 aromatic carbocycles. The first-order valence-corrected chi connectivity index (χ1v) is 8.27. The summed E-state index contributed by atoms with van der Waals surface area (Å²) in [5, 5.41) is 11.5. The molecule has 0 saturated heterocycles. The summed E-state index contributed by atoms with van der Waals surface area (Å²) in [7, 11) is 1.73. The number of halogens is 1. The molecule has 3 aromatic rings. The van der Waals surface area contributed by atoms with Crippen molar-refractivity contribution in [1.82, 2.24) is 20.4 Å². The SMILES string of the molecule is CN=C(NCCCn1cccn1)NCc1oc2ccc(F)cc2c1C. The maximum Gasteiger partial charge on any atom is 0.191 e. The Kier molecular flexibility index (Phi) is 5.33. The van der Waals surface area contributed by atoms with Gasteiger partial charge in [0.05, 0.1) is 6.54 Å².